The summed E-state index contributed by atoms with van der Waals surface area (Å²) in [7, 11) is 3.35. The van der Waals surface area contributed by atoms with Gasteiger partial charge in [-0.1, -0.05) is 70.1 Å². The highest BCUT2D eigenvalue weighted by Crippen LogP contribution is 2.52. The molecule has 2 aromatic rings. The Labute approximate surface area is 255 Å². The van der Waals surface area contributed by atoms with Gasteiger partial charge in [-0.15, -0.1) is 0 Å². The van der Waals surface area contributed by atoms with E-state index in [1.165, 1.54) is 47.6 Å². The van der Waals surface area contributed by atoms with E-state index in [4.69, 9.17) is 0 Å². The first kappa shape index (κ1) is 31.5. The minimum absolute atomic E-state index is 0.0214. The second-order valence-corrected chi connectivity index (χ2v) is 13.8. The van der Waals surface area contributed by atoms with E-state index in [2.05, 4.69) is 6.92 Å². The lowest BCUT2D eigenvalue weighted by atomic mass is 9.65. The van der Waals surface area contributed by atoms with Crippen LogP contribution >= 0.6 is 0 Å². The number of carbonyl (C=O) groups excluding carboxylic acids is 2. The summed E-state index contributed by atoms with van der Waals surface area (Å²) in [6, 6.07) is 8.68. The van der Waals surface area contributed by atoms with Gasteiger partial charge in [-0.25, -0.2) is 0 Å². The van der Waals surface area contributed by atoms with E-state index in [1.54, 1.807) is 38.5 Å². The van der Waals surface area contributed by atoms with Crippen molar-refractivity contribution in [1.29, 1.82) is 0 Å². The van der Waals surface area contributed by atoms with Gasteiger partial charge in [-0.3, -0.25) is 14.4 Å². The molecule has 1 spiro atoms. The second kappa shape index (κ2) is 12.9. The molecule has 2 atom stereocenters. The van der Waals surface area contributed by atoms with Gasteiger partial charge < -0.3 is 24.6 Å². The molecule has 2 N–H and O–H groups in total. The van der Waals surface area contributed by atoms with E-state index in [-0.39, 0.29) is 36.4 Å². The van der Waals surface area contributed by atoms with Crippen molar-refractivity contribution in [3.63, 3.8) is 0 Å². The zero-order chi connectivity index (χ0) is 30.8. The Morgan fingerprint density at radius 3 is 2.44 bits per heavy atom. The van der Waals surface area contributed by atoms with E-state index >= 15 is 0 Å². The number of pyridine rings is 1. The molecule has 1 aromatic carbocycles. The van der Waals surface area contributed by atoms with Gasteiger partial charge in [0.25, 0.3) is 11.5 Å². The van der Waals surface area contributed by atoms with Crippen LogP contribution in [0.3, 0.4) is 0 Å². The van der Waals surface area contributed by atoms with Gasteiger partial charge in [0, 0.05) is 56.3 Å². The zero-order valence-corrected chi connectivity index (χ0v) is 26.2. The number of aromatic nitrogens is 1. The number of aliphatic hydroxyl groups is 2. The van der Waals surface area contributed by atoms with Crippen LogP contribution in [0.25, 0.3) is 11.1 Å². The van der Waals surface area contributed by atoms with Gasteiger partial charge in [-0.2, -0.15) is 0 Å². The predicted molar refractivity (Wildman–Crippen MR) is 167 cm³/mol. The third-order valence-electron chi connectivity index (χ3n) is 10.6. The van der Waals surface area contributed by atoms with Crippen LogP contribution in [0, 0.1) is 17.3 Å². The highest BCUT2D eigenvalue weighted by Gasteiger charge is 2.55. The highest BCUT2D eigenvalue weighted by atomic mass is 16.3. The number of amides is 2. The summed E-state index contributed by atoms with van der Waals surface area (Å²) in [6.07, 6.45) is 12.8. The smallest absolute Gasteiger partial charge is 0.255 e. The van der Waals surface area contributed by atoms with Crippen LogP contribution in [0.15, 0.2) is 41.3 Å². The van der Waals surface area contributed by atoms with Gasteiger partial charge in [0.15, 0.2) is 0 Å². The molecule has 234 valence electrons. The van der Waals surface area contributed by atoms with E-state index < -0.39 is 11.0 Å². The van der Waals surface area contributed by atoms with Crippen LogP contribution in [0.2, 0.25) is 0 Å². The zero-order valence-electron chi connectivity index (χ0n) is 26.2. The first-order chi connectivity index (χ1) is 20.6. The maximum absolute atomic E-state index is 13.7. The van der Waals surface area contributed by atoms with Crippen molar-refractivity contribution in [2.45, 2.75) is 96.3 Å². The maximum atomic E-state index is 13.7. The minimum Gasteiger partial charge on any atom is -0.392 e. The summed E-state index contributed by atoms with van der Waals surface area (Å²) in [5, 5.41) is 22.0. The Balaban J connectivity index is 1.42. The number of hydrogen-bond acceptors (Lipinski definition) is 5. The number of rotatable bonds is 8. The normalized spacial score (nSPS) is 23.0. The van der Waals surface area contributed by atoms with Crippen molar-refractivity contribution < 1.29 is 19.8 Å². The molecule has 3 fully saturated rings. The van der Waals surface area contributed by atoms with E-state index in [1.807, 2.05) is 11.0 Å². The van der Waals surface area contributed by atoms with Crippen LogP contribution < -0.4 is 5.56 Å². The van der Waals surface area contributed by atoms with Gasteiger partial charge in [0.1, 0.15) is 0 Å². The van der Waals surface area contributed by atoms with Crippen LogP contribution in [0.5, 0.6) is 0 Å². The van der Waals surface area contributed by atoms with Crippen LogP contribution in [-0.2, 0) is 17.9 Å². The molecule has 2 heterocycles. The number of carbonyl (C=O) groups is 2. The van der Waals surface area contributed by atoms with Crippen molar-refractivity contribution in [3.8, 4) is 11.1 Å². The fourth-order valence-electron chi connectivity index (χ4n) is 8.09. The highest BCUT2D eigenvalue weighted by molar-refractivity contribution is 6.00. The summed E-state index contributed by atoms with van der Waals surface area (Å²) >= 11 is 0. The molecule has 2 aliphatic carbocycles. The van der Waals surface area contributed by atoms with Crippen LogP contribution in [-0.4, -0.2) is 69.2 Å². The quantitative estimate of drug-likeness (QED) is 0.458. The number of likely N-dealkylation sites (tertiary alicyclic amines) is 1. The van der Waals surface area contributed by atoms with Crippen molar-refractivity contribution in [3.05, 3.63) is 58.0 Å². The van der Waals surface area contributed by atoms with E-state index in [0.717, 1.165) is 32.1 Å². The molecule has 1 unspecified atom stereocenters. The molecule has 8 nitrogen and oxygen atoms in total. The van der Waals surface area contributed by atoms with Crippen LogP contribution in [0.1, 0.15) is 93.5 Å². The molecule has 5 rings (SSSR count). The summed E-state index contributed by atoms with van der Waals surface area (Å²) < 4.78 is 1.50. The fraction of sp³-hybridized carbons (Fsp3) is 0.629. The Morgan fingerprint density at radius 2 is 1.77 bits per heavy atom. The van der Waals surface area contributed by atoms with Gasteiger partial charge in [0.2, 0.25) is 5.91 Å². The van der Waals surface area contributed by atoms with Crippen molar-refractivity contribution in [2.24, 2.45) is 17.3 Å². The molecule has 2 amide bonds. The topological polar surface area (TPSA) is 103 Å². The number of piperidine rings is 1. The summed E-state index contributed by atoms with van der Waals surface area (Å²) in [4.78, 5) is 44.1. The van der Waals surface area contributed by atoms with E-state index in [9.17, 15) is 24.6 Å². The molecule has 43 heavy (non-hydrogen) atoms. The molecule has 1 saturated heterocycles. The van der Waals surface area contributed by atoms with Crippen molar-refractivity contribution in [1.82, 2.24) is 14.4 Å². The monoisotopic (exact) mass is 591 g/mol. The van der Waals surface area contributed by atoms with Crippen molar-refractivity contribution in [2.75, 3.05) is 27.2 Å². The molecular weight excluding hydrogens is 542 g/mol. The molecule has 8 heteroatoms. The minimum atomic E-state index is -1.17. The first-order valence-corrected chi connectivity index (χ1v) is 16.2. The van der Waals surface area contributed by atoms with Crippen LogP contribution in [0.4, 0.5) is 0 Å². The Bertz CT molecular complexity index is 1370. The maximum Gasteiger partial charge on any atom is 0.255 e. The predicted octanol–water partition coefficient (Wildman–Crippen LogP) is 4.84. The van der Waals surface area contributed by atoms with Gasteiger partial charge >= 0.3 is 0 Å². The SMILES string of the molecule is C[C@H](CC1CCCCC1)C(=O)N1CCC(O)(Cn2cc(C(=O)N(C)C)c(-c3cccc(CO)c3)cc2=O)C2(CCCC2)C1. The second-order valence-electron chi connectivity index (χ2n) is 13.8. The Kier molecular flexibility index (Phi) is 9.47. The number of benzene rings is 1. The lowest BCUT2D eigenvalue weighted by Gasteiger charge is -2.53. The molecule has 0 bridgehead atoms. The standard InChI is InChI=1S/C35H49N3O5/c1-25(18-26-10-5-4-6-11-26)32(41)37-17-16-35(43,34(23-37)14-7-8-15-34)24-38-21-30(33(42)36(2)3)29(20-31(38)40)28-13-9-12-27(19-28)22-39/h9,12-13,19-21,25-26,39,43H,4-8,10-11,14-18,22-24H2,1-3H3/t25-,35?/m1/s1. The molecule has 0 radical (unpaired) electrons. The molecule has 3 aliphatic rings. The Morgan fingerprint density at radius 1 is 1.05 bits per heavy atom. The lowest BCUT2D eigenvalue weighted by Crippen LogP contribution is -2.62. The number of nitrogens with zero attached hydrogens (tertiary/aromatic N) is 3. The van der Waals surface area contributed by atoms with Crippen molar-refractivity contribution >= 4 is 11.8 Å². The summed E-state index contributed by atoms with van der Waals surface area (Å²) in [5.74, 6) is 0.569. The number of aliphatic hydroxyl groups excluding tert-OH is 1. The summed E-state index contributed by atoms with van der Waals surface area (Å²) in [6.45, 7) is 2.99. The van der Waals surface area contributed by atoms with Gasteiger partial charge in [-0.05, 0) is 48.8 Å². The summed E-state index contributed by atoms with van der Waals surface area (Å²) in [5.41, 5.74) is 0.301. The Hall–Kier alpha value is -2.97. The first-order valence-electron chi connectivity index (χ1n) is 16.2. The fourth-order valence-corrected chi connectivity index (χ4v) is 8.09. The molecule has 1 aliphatic heterocycles. The lowest BCUT2D eigenvalue weighted by molar-refractivity contribution is -0.163. The molecule has 2 saturated carbocycles. The molecule has 1 aromatic heterocycles. The third-order valence-corrected chi connectivity index (χ3v) is 10.6. The third kappa shape index (κ3) is 6.46. The van der Waals surface area contributed by atoms with Gasteiger partial charge in [0.05, 0.1) is 24.3 Å². The number of hydrogen-bond donors (Lipinski definition) is 2. The average Bonchev–Trinajstić information content (AvgIpc) is 3.49. The van der Waals surface area contributed by atoms with E-state index in [0.29, 0.717) is 47.7 Å². The largest absolute Gasteiger partial charge is 0.392 e. The molecular formula is C35H49N3O5. The average molecular weight is 592 g/mol.